The molecule has 1 saturated carbocycles. The van der Waals surface area contributed by atoms with Crippen LogP contribution in [0.15, 0.2) is 29.2 Å². The lowest BCUT2D eigenvalue weighted by Gasteiger charge is -2.35. The highest BCUT2D eigenvalue weighted by atomic mass is 32.2. The Bertz CT molecular complexity index is 639. The first-order chi connectivity index (χ1) is 12.7. The van der Waals surface area contributed by atoms with E-state index in [-0.39, 0.29) is 23.1 Å². The van der Waals surface area contributed by atoms with E-state index in [0.717, 1.165) is 45.2 Å². The molecule has 5 heteroatoms. The van der Waals surface area contributed by atoms with Gasteiger partial charge >= 0.3 is 0 Å². The van der Waals surface area contributed by atoms with E-state index in [4.69, 9.17) is 0 Å². The maximum absolute atomic E-state index is 12.7. The minimum absolute atomic E-state index is 0.00528. The topological polar surface area (TPSA) is 49.4 Å². The number of nitrogens with zero attached hydrogens (tertiary/aromatic N) is 1. The van der Waals surface area contributed by atoms with Crippen molar-refractivity contribution >= 4 is 23.6 Å². The SMILES string of the molecule is O=C(NC1CCN(C(=O)C2CCCCC2)CC1)[C@@H]1Cc2ccccc2S1. The summed E-state index contributed by atoms with van der Waals surface area (Å²) in [6, 6.07) is 8.50. The van der Waals surface area contributed by atoms with Crippen LogP contribution in [0.25, 0.3) is 0 Å². The Labute approximate surface area is 160 Å². The first-order valence-electron chi connectivity index (χ1n) is 10.0. The highest BCUT2D eigenvalue weighted by Crippen LogP contribution is 2.37. The van der Waals surface area contributed by atoms with Gasteiger partial charge in [-0.15, -0.1) is 11.8 Å². The number of carbonyl (C=O) groups excluding carboxylic acids is 2. The van der Waals surface area contributed by atoms with Crippen LogP contribution >= 0.6 is 11.8 Å². The lowest BCUT2D eigenvalue weighted by Crippen LogP contribution is -2.49. The molecule has 0 aromatic heterocycles. The van der Waals surface area contributed by atoms with E-state index in [0.29, 0.717) is 5.91 Å². The number of hydrogen-bond acceptors (Lipinski definition) is 3. The van der Waals surface area contributed by atoms with Crippen molar-refractivity contribution in [2.24, 2.45) is 5.92 Å². The van der Waals surface area contributed by atoms with E-state index in [1.807, 2.05) is 17.0 Å². The molecule has 1 aromatic rings. The second kappa shape index (κ2) is 8.03. The van der Waals surface area contributed by atoms with Gasteiger partial charge in [0.15, 0.2) is 0 Å². The lowest BCUT2D eigenvalue weighted by atomic mass is 9.87. The predicted molar refractivity (Wildman–Crippen MR) is 104 cm³/mol. The van der Waals surface area contributed by atoms with Crippen molar-refractivity contribution in [1.29, 1.82) is 0 Å². The average molecular weight is 373 g/mol. The Hall–Kier alpha value is -1.49. The second-order valence-electron chi connectivity index (χ2n) is 7.86. The first kappa shape index (κ1) is 17.9. The summed E-state index contributed by atoms with van der Waals surface area (Å²) in [5, 5.41) is 3.23. The largest absolute Gasteiger partial charge is 0.352 e. The summed E-state index contributed by atoms with van der Waals surface area (Å²) in [5.74, 6) is 0.766. The van der Waals surface area contributed by atoms with Crippen LogP contribution in [0.5, 0.6) is 0 Å². The maximum atomic E-state index is 12.7. The molecular weight excluding hydrogens is 344 g/mol. The number of likely N-dealkylation sites (tertiary alicyclic amines) is 1. The Morgan fingerprint density at radius 1 is 1.00 bits per heavy atom. The number of carbonyl (C=O) groups is 2. The van der Waals surface area contributed by atoms with Crippen LogP contribution in [0.4, 0.5) is 0 Å². The molecule has 1 saturated heterocycles. The zero-order valence-corrected chi connectivity index (χ0v) is 16.1. The normalized spacial score (nSPS) is 24.3. The van der Waals surface area contributed by atoms with Crippen molar-refractivity contribution in [3.63, 3.8) is 0 Å². The third-order valence-electron chi connectivity index (χ3n) is 6.05. The van der Waals surface area contributed by atoms with Gasteiger partial charge < -0.3 is 10.2 Å². The Morgan fingerprint density at radius 3 is 2.46 bits per heavy atom. The van der Waals surface area contributed by atoms with Gasteiger partial charge in [-0.2, -0.15) is 0 Å². The van der Waals surface area contributed by atoms with Crippen molar-refractivity contribution in [3.05, 3.63) is 29.8 Å². The summed E-state index contributed by atoms with van der Waals surface area (Å²) in [6.45, 7) is 1.58. The maximum Gasteiger partial charge on any atom is 0.234 e. The number of rotatable bonds is 3. The number of fused-ring (bicyclic) bond motifs is 1. The molecule has 0 bridgehead atoms. The molecule has 140 valence electrons. The van der Waals surface area contributed by atoms with E-state index >= 15 is 0 Å². The van der Waals surface area contributed by atoms with Gasteiger partial charge in [0, 0.05) is 29.9 Å². The highest BCUT2D eigenvalue weighted by Gasteiger charge is 2.32. The van der Waals surface area contributed by atoms with Crippen LogP contribution in [-0.4, -0.2) is 41.1 Å². The van der Waals surface area contributed by atoms with Crippen LogP contribution in [0.2, 0.25) is 0 Å². The van der Waals surface area contributed by atoms with E-state index in [9.17, 15) is 9.59 Å². The van der Waals surface area contributed by atoms with E-state index in [2.05, 4.69) is 17.4 Å². The standard InChI is InChI=1S/C21H28N2O2S/c24-20(19-14-16-8-4-5-9-18(16)26-19)22-17-10-12-23(13-11-17)21(25)15-6-2-1-3-7-15/h4-5,8-9,15,17,19H,1-3,6-7,10-14H2,(H,22,24)/t19-/m0/s1. The third-order valence-corrected chi connectivity index (χ3v) is 7.36. The Balaban J connectivity index is 1.24. The van der Waals surface area contributed by atoms with Crippen molar-refractivity contribution in [3.8, 4) is 0 Å². The molecule has 1 N–H and O–H groups in total. The Kier molecular flexibility index (Phi) is 5.53. The quantitative estimate of drug-likeness (QED) is 0.885. The summed E-state index contributed by atoms with van der Waals surface area (Å²) < 4.78 is 0. The summed E-state index contributed by atoms with van der Waals surface area (Å²) in [6.07, 6.45) is 8.40. The van der Waals surface area contributed by atoms with Gasteiger partial charge in [-0.05, 0) is 43.7 Å². The van der Waals surface area contributed by atoms with Gasteiger partial charge in [0.1, 0.15) is 0 Å². The van der Waals surface area contributed by atoms with Gasteiger partial charge in [-0.1, -0.05) is 37.5 Å². The minimum atomic E-state index is -0.00528. The number of benzene rings is 1. The van der Waals surface area contributed by atoms with Crippen LogP contribution < -0.4 is 5.32 Å². The van der Waals surface area contributed by atoms with Crippen LogP contribution in [0, 0.1) is 5.92 Å². The molecule has 1 aliphatic carbocycles. The average Bonchev–Trinajstić information content (AvgIpc) is 3.13. The van der Waals surface area contributed by atoms with Gasteiger partial charge in [0.25, 0.3) is 0 Å². The predicted octanol–water partition coefficient (Wildman–Crippen LogP) is 3.39. The number of nitrogens with one attached hydrogen (secondary N) is 1. The van der Waals surface area contributed by atoms with Gasteiger partial charge in [-0.3, -0.25) is 9.59 Å². The van der Waals surface area contributed by atoms with Gasteiger partial charge in [0.05, 0.1) is 5.25 Å². The van der Waals surface area contributed by atoms with Crippen molar-refractivity contribution < 1.29 is 9.59 Å². The first-order valence-corrected chi connectivity index (χ1v) is 10.9. The number of piperidine rings is 1. The molecule has 0 radical (unpaired) electrons. The van der Waals surface area contributed by atoms with Gasteiger partial charge in [0.2, 0.25) is 11.8 Å². The van der Waals surface area contributed by atoms with E-state index in [1.165, 1.54) is 29.7 Å². The molecule has 1 atom stereocenters. The molecule has 2 heterocycles. The summed E-state index contributed by atoms with van der Waals surface area (Å²) in [5.41, 5.74) is 1.28. The van der Waals surface area contributed by atoms with Crippen LogP contribution in [0.3, 0.4) is 0 Å². The summed E-state index contributed by atoms with van der Waals surface area (Å²) in [4.78, 5) is 28.6. The summed E-state index contributed by atoms with van der Waals surface area (Å²) >= 11 is 1.68. The van der Waals surface area contributed by atoms with E-state index in [1.54, 1.807) is 11.8 Å². The number of amides is 2. The fourth-order valence-corrected chi connectivity index (χ4v) is 5.68. The second-order valence-corrected chi connectivity index (χ2v) is 9.11. The fourth-order valence-electron chi connectivity index (χ4n) is 4.47. The fraction of sp³-hybridized carbons (Fsp3) is 0.619. The number of hydrogen-bond donors (Lipinski definition) is 1. The molecule has 26 heavy (non-hydrogen) atoms. The van der Waals surface area contributed by atoms with Gasteiger partial charge in [-0.25, -0.2) is 0 Å². The molecule has 1 aromatic carbocycles. The molecule has 2 fully saturated rings. The number of thioether (sulfide) groups is 1. The molecule has 0 unspecified atom stereocenters. The Morgan fingerprint density at radius 2 is 1.73 bits per heavy atom. The van der Waals surface area contributed by atoms with Crippen LogP contribution in [-0.2, 0) is 16.0 Å². The molecule has 3 aliphatic rings. The third kappa shape index (κ3) is 3.93. The summed E-state index contributed by atoms with van der Waals surface area (Å²) in [7, 11) is 0. The van der Waals surface area contributed by atoms with Crippen molar-refractivity contribution in [1.82, 2.24) is 10.2 Å². The van der Waals surface area contributed by atoms with Crippen LogP contribution in [0.1, 0.15) is 50.5 Å². The molecular formula is C21H28N2O2S. The van der Waals surface area contributed by atoms with Crippen molar-refractivity contribution in [2.45, 2.75) is 67.6 Å². The smallest absolute Gasteiger partial charge is 0.234 e. The monoisotopic (exact) mass is 372 g/mol. The zero-order valence-electron chi connectivity index (χ0n) is 15.3. The molecule has 2 aliphatic heterocycles. The molecule has 0 spiro atoms. The van der Waals surface area contributed by atoms with Crippen molar-refractivity contribution in [2.75, 3.05) is 13.1 Å². The molecule has 2 amide bonds. The molecule has 4 rings (SSSR count). The highest BCUT2D eigenvalue weighted by molar-refractivity contribution is 8.01. The molecule has 4 nitrogen and oxygen atoms in total. The zero-order chi connectivity index (χ0) is 17.9. The minimum Gasteiger partial charge on any atom is -0.352 e. The lowest BCUT2D eigenvalue weighted by molar-refractivity contribution is -0.137. The van der Waals surface area contributed by atoms with E-state index < -0.39 is 0 Å².